The second-order valence-electron chi connectivity index (χ2n) is 5.61. The molecule has 0 aliphatic heterocycles. The van der Waals surface area contributed by atoms with Crippen molar-refractivity contribution in [3.63, 3.8) is 0 Å². The second-order valence-corrected chi connectivity index (χ2v) is 6.01. The molecule has 0 atom stereocenters. The maximum absolute atomic E-state index is 6.31. The van der Waals surface area contributed by atoms with Crippen LogP contribution in [0.5, 0.6) is 0 Å². The quantitative estimate of drug-likeness (QED) is 0.501. The molecule has 6 heteroatoms. The summed E-state index contributed by atoms with van der Waals surface area (Å²) >= 11 is 6.31. The first-order valence-corrected chi connectivity index (χ1v) is 8.02. The number of nitrogens with one attached hydrogen (secondary N) is 2. The van der Waals surface area contributed by atoms with Gasteiger partial charge >= 0.3 is 0 Å². The van der Waals surface area contributed by atoms with Gasteiger partial charge in [-0.2, -0.15) is 5.10 Å². The van der Waals surface area contributed by atoms with E-state index in [-0.39, 0.29) is 18.6 Å². The van der Waals surface area contributed by atoms with Crippen molar-refractivity contribution in [1.29, 1.82) is 0 Å². The minimum atomic E-state index is 0. The first-order valence-electron chi connectivity index (χ1n) is 7.64. The summed E-state index contributed by atoms with van der Waals surface area (Å²) in [5, 5.41) is 12.5. The molecule has 0 fully saturated rings. The van der Waals surface area contributed by atoms with Crippen molar-refractivity contribution in [2.24, 2.45) is 0 Å². The zero-order valence-corrected chi connectivity index (χ0v) is 15.6. The molecule has 4 rings (SSSR count). The third-order valence-electron chi connectivity index (χ3n) is 3.84. The minimum Gasteiger partial charge on any atom is -0.338 e. The summed E-state index contributed by atoms with van der Waals surface area (Å²) in [5.74, 6) is 0.793. The first kappa shape index (κ1) is 17.6. The predicted octanol–water partition coefficient (Wildman–Crippen LogP) is 5.33. The fourth-order valence-electron chi connectivity index (χ4n) is 2.74. The third-order valence-corrected chi connectivity index (χ3v) is 4.17. The SMILES string of the molecule is Cc1cc(Nc2n[nH]c3ccccc23)cc(-c2ccccc2Cl)n1.[V]. The van der Waals surface area contributed by atoms with Crippen LogP contribution in [0.2, 0.25) is 5.02 Å². The molecule has 0 bridgehead atoms. The number of pyridine rings is 1. The summed E-state index contributed by atoms with van der Waals surface area (Å²) in [6.07, 6.45) is 0. The number of aryl methyl sites for hydroxylation is 1. The van der Waals surface area contributed by atoms with E-state index >= 15 is 0 Å². The van der Waals surface area contributed by atoms with Crippen LogP contribution in [0.25, 0.3) is 22.2 Å². The third kappa shape index (κ3) is 3.56. The molecule has 2 heterocycles. The van der Waals surface area contributed by atoms with E-state index in [9.17, 15) is 0 Å². The predicted molar refractivity (Wildman–Crippen MR) is 98.8 cm³/mol. The van der Waals surface area contributed by atoms with Gasteiger partial charge in [-0.25, -0.2) is 0 Å². The number of fused-ring (bicyclic) bond motifs is 1. The minimum absolute atomic E-state index is 0. The van der Waals surface area contributed by atoms with Crippen molar-refractivity contribution < 1.29 is 18.6 Å². The van der Waals surface area contributed by atoms with E-state index in [2.05, 4.69) is 20.5 Å². The van der Waals surface area contributed by atoms with Gasteiger partial charge in [-0.3, -0.25) is 10.1 Å². The smallest absolute Gasteiger partial charge is 0.160 e. The number of H-pyrrole nitrogens is 1. The topological polar surface area (TPSA) is 53.6 Å². The van der Waals surface area contributed by atoms with Crippen LogP contribution in [0.1, 0.15) is 5.69 Å². The monoisotopic (exact) mass is 385 g/mol. The zero-order chi connectivity index (χ0) is 16.5. The van der Waals surface area contributed by atoms with Crippen molar-refractivity contribution in [2.75, 3.05) is 5.32 Å². The summed E-state index contributed by atoms with van der Waals surface area (Å²) in [6.45, 7) is 1.97. The molecular formula is C19H15ClN4V. The van der Waals surface area contributed by atoms with Crippen molar-refractivity contribution in [3.05, 3.63) is 71.4 Å². The summed E-state index contributed by atoms with van der Waals surface area (Å²) < 4.78 is 0. The van der Waals surface area contributed by atoms with Crippen molar-refractivity contribution >= 4 is 34.0 Å². The summed E-state index contributed by atoms with van der Waals surface area (Å²) in [7, 11) is 0. The Labute approximate surface area is 162 Å². The number of para-hydroxylation sites is 1. The van der Waals surface area contributed by atoms with Crippen molar-refractivity contribution in [1.82, 2.24) is 15.2 Å². The molecule has 4 aromatic rings. The van der Waals surface area contributed by atoms with Gasteiger partial charge < -0.3 is 5.32 Å². The molecular weight excluding hydrogens is 371 g/mol. The van der Waals surface area contributed by atoms with E-state index in [1.807, 2.05) is 67.6 Å². The molecule has 1 radical (unpaired) electrons. The molecule has 0 saturated carbocycles. The average Bonchev–Trinajstić information content (AvgIpc) is 2.98. The number of aromatic amines is 1. The molecule has 2 aromatic heterocycles. The van der Waals surface area contributed by atoms with E-state index in [0.29, 0.717) is 5.02 Å². The van der Waals surface area contributed by atoms with Gasteiger partial charge in [0.2, 0.25) is 0 Å². The first-order chi connectivity index (χ1) is 11.7. The van der Waals surface area contributed by atoms with E-state index in [4.69, 9.17) is 11.6 Å². The Morgan fingerprint density at radius 1 is 1.00 bits per heavy atom. The average molecular weight is 386 g/mol. The van der Waals surface area contributed by atoms with Crippen LogP contribution < -0.4 is 5.32 Å². The fraction of sp³-hybridized carbons (Fsp3) is 0.0526. The van der Waals surface area contributed by atoms with Gasteiger partial charge in [0.1, 0.15) is 0 Å². The van der Waals surface area contributed by atoms with Crippen LogP contribution in [0.4, 0.5) is 11.5 Å². The fourth-order valence-corrected chi connectivity index (χ4v) is 2.98. The van der Waals surface area contributed by atoms with Crippen LogP contribution in [0, 0.1) is 6.92 Å². The Morgan fingerprint density at radius 2 is 1.76 bits per heavy atom. The van der Waals surface area contributed by atoms with Gasteiger partial charge in [0, 0.05) is 45.9 Å². The molecule has 0 spiro atoms. The normalized spacial score (nSPS) is 10.5. The number of hydrogen-bond acceptors (Lipinski definition) is 3. The molecule has 2 aromatic carbocycles. The van der Waals surface area contributed by atoms with Gasteiger partial charge in [0.25, 0.3) is 0 Å². The van der Waals surface area contributed by atoms with Crippen LogP contribution in [-0.2, 0) is 18.6 Å². The number of anilines is 2. The van der Waals surface area contributed by atoms with E-state index in [0.717, 1.165) is 39.4 Å². The number of benzene rings is 2. The number of halogens is 1. The molecule has 0 saturated heterocycles. The Hall–Kier alpha value is -2.27. The van der Waals surface area contributed by atoms with Crippen LogP contribution in [0.3, 0.4) is 0 Å². The molecule has 123 valence electrons. The number of aromatic nitrogens is 3. The van der Waals surface area contributed by atoms with E-state index < -0.39 is 0 Å². The molecule has 4 nitrogen and oxygen atoms in total. The van der Waals surface area contributed by atoms with Gasteiger partial charge in [0.05, 0.1) is 11.2 Å². The largest absolute Gasteiger partial charge is 0.338 e. The molecule has 2 N–H and O–H groups in total. The Morgan fingerprint density at radius 3 is 2.60 bits per heavy atom. The van der Waals surface area contributed by atoms with Crippen LogP contribution in [0.15, 0.2) is 60.7 Å². The maximum atomic E-state index is 6.31. The molecule has 0 amide bonds. The van der Waals surface area contributed by atoms with Crippen molar-refractivity contribution in [2.45, 2.75) is 6.92 Å². The second kappa shape index (κ2) is 7.32. The molecule has 0 aliphatic carbocycles. The van der Waals surface area contributed by atoms with Crippen LogP contribution in [-0.4, -0.2) is 15.2 Å². The summed E-state index contributed by atoms with van der Waals surface area (Å²) in [4.78, 5) is 4.60. The van der Waals surface area contributed by atoms with Gasteiger partial charge in [-0.05, 0) is 37.3 Å². The van der Waals surface area contributed by atoms with E-state index in [1.54, 1.807) is 0 Å². The number of nitrogens with zero attached hydrogens (tertiary/aromatic N) is 2. The van der Waals surface area contributed by atoms with E-state index in [1.165, 1.54) is 0 Å². The zero-order valence-electron chi connectivity index (χ0n) is 13.5. The van der Waals surface area contributed by atoms with Gasteiger partial charge in [-0.1, -0.05) is 41.9 Å². The van der Waals surface area contributed by atoms with Gasteiger partial charge in [-0.15, -0.1) is 0 Å². The van der Waals surface area contributed by atoms with Crippen LogP contribution >= 0.6 is 11.6 Å². The molecule has 25 heavy (non-hydrogen) atoms. The Balaban J connectivity index is 0.00000182. The summed E-state index contributed by atoms with van der Waals surface area (Å²) in [6, 6.07) is 19.7. The maximum Gasteiger partial charge on any atom is 0.160 e. The van der Waals surface area contributed by atoms with Crippen molar-refractivity contribution in [3.8, 4) is 11.3 Å². The Bertz CT molecular complexity index is 1030. The molecule has 0 aliphatic rings. The number of hydrogen-bond donors (Lipinski definition) is 2. The number of rotatable bonds is 3. The Kier molecular flexibility index (Phi) is 5.14. The molecule has 0 unspecified atom stereocenters. The summed E-state index contributed by atoms with van der Waals surface area (Å²) in [5.41, 5.74) is 4.59. The van der Waals surface area contributed by atoms with Gasteiger partial charge in [0.15, 0.2) is 5.82 Å². The standard InChI is InChI=1S/C19H15ClN4.V/c1-12-10-13(11-18(21-12)14-6-2-4-8-16(14)20)22-19-15-7-3-5-9-17(15)23-24-19;/h2-11H,1H3,(H2,21,22,23,24);.